The van der Waals surface area contributed by atoms with Crippen LogP contribution in [0.1, 0.15) is 22.3 Å². The van der Waals surface area contributed by atoms with E-state index in [-0.39, 0.29) is 29.4 Å². The molecule has 1 amide bonds. The Morgan fingerprint density at radius 2 is 1.86 bits per heavy atom. The number of benzene rings is 2. The standard InChI is InChI=1S/C25H27N3O6S/c1-33-13-11-26-23(31)18-8-9-20-21(14-18)27-25(35-16-19(29)15-22(30)34-2)28(24(20)32)12-10-17-6-4-3-5-7-17/h3-9,14H,10-13,15-16H2,1-2H3,(H,26,31). The van der Waals surface area contributed by atoms with Gasteiger partial charge in [-0.25, -0.2) is 4.98 Å². The highest BCUT2D eigenvalue weighted by Gasteiger charge is 2.17. The minimum Gasteiger partial charge on any atom is -0.469 e. The number of aromatic nitrogens is 2. The average molecular weight is 498 g/mol. The fourth-order valence-electron chi connectivity index (χ4n) is 3.33. The third-order valence-corrected chi connectivity index (χ3v) is 6.21. The van der Waals surface area contributed by atoms with Crippen LogP contribution in [0.4, 0.5) is 0 Å². The van der Waals surface area contributed by atoms with Crippen molar-refractivity contribution in [2.75, 3.05) is 33.1 Å². The van der Waals surface area contributed by atoms with Gasteiger partial charge in [0, 0.05) is 25.8 Å². The van der Waals surface area contributed by atoms with Crippen LogP contribution in [0.2, 0.25) is 0 Å². The Morgan fingerprint density at radius 1 is 1.09 bits per heavy atom. The first-order chi connectivity index (χ1) is 16.9. The lowest BCUT2D eigenvalue weighted by atomic mass is 10.1. The van der Waals surface area contributed by atoms with Crippen molar-refractivity contribution in [1.82, 2.24) is 14.9 Å². The number of fused-ring (bicyclic) bond motifs is 1. The number of methoxy groups -OCH3 is 2. The number of hydrogen-bond acceptors (Lipinski definition) is 8. The molecular formula is C25H27N3O6S. The van der Waals surface area contributed by atoms with E-state index in [1.807, 2.05) is 30.3 Å². The molecular weight excluding hydrogens is 470 g/mol. The van der Waals surface area contributed by atoms with E-state index >= 15 is 0 Å². The highest BCUT2D eigenvalue weighted by Crippen LogP contribution is 2.20. The summed E-state index contributed by atoms with van der Waals surface area (Å²) in [7, 11) is 2.77. The summed E-state index contributed by atoms with van der Waals surface area (Å²) in [6, 6.07) is 14.5. The SMILES string of the molecule is COCCNC(=O)c1ccc2c(=O)n(CCc3ccccc3)c(SCC(=O)CC(=O)OC)nc2c1. The maximum absolute atomic E-state index is 13.4. The van der Waals surface area contributed by atoms with E-state index in [0.717, 1.165) is 17.3 Å². The molecule has 0 aliphatic heterocycles. The third-order valence-electron chi connectivity index (χ3n) is 5.17. The molecule has 1 heterocycles. The number of amides is 1. The number of nitrogens with one attached hydrogen (secondary N) is 1. The monoisotopic (exact) mass is 497 g/mol. The van der Waals surface area contributed by atoms with Crippen molar-refractivity contribution >= 4 is 40.3 Å². The molecule has 0 aliphatic rings. The lowest BCUT2D eigenvalue weighted by Gasteiger charge is -2.14. The molecule has 0 saturated carbocycles. The summed E-state index contributed by atoms with van der Waals surface area (Å²) in [4.78, 5) is 54.0. The van der Waals surface area contributed by atoms with Gasteiger partial charge in [0.15, 0.2) is 10.9 Å². The van der Waals surface area contributed by atoms with Gasteiger partial charge in [0.25, 0.3) is 11.5 Å². The molecule has 0 aliphatic carbocycles. The van der Waals surface area contributed by atoms with Gasteiger partial charge in [-0.05, 0) is 30.2 Å². The smallest absolute Gasteiger partial charge is 0.313 e. The van der Waals surface area contributed by atoms with Crippen LogP contribution in [0, 0.1) is 0 Å². The first-order valence-electron chi connectivity index (χ1n) is 11.0. The zero-order valence-electron chi connectivity index (χ0n) is 19.6. The number of esters is 1. The second-order valence-electron chi connectivity index (χ2n) is 7.65. The van der Waals surface area contributed by atoms with Gasteiger partial charge in [0.05, 0.1) is 30.4 Å². The minimum absolute atomic E-state index is 0.0461. The van der Waals surface area contributed by atoms with Gasteiger partial charge < -0.3 is 14.8 Å². The molecule has 2 aromatic carbocycles. The number of carbonyl (C=O) groups excluding carboxylic acids is 3. The van der Waals surface area contributed by atoms with Crippen LogP contribution < -0.4 is 10.9 Å². The molecule has 0 saturated heterocycles. The van der Waals surface area contributed by atoms with E-state index in [0.29, 0.717) is 47.7 Å². The molecule has 0 spiro atoms. The van der Waals surface area contributed by atoms with Crippen LogP contribution in [-0.2, 0) is 32.0 Å². The molecule has 9 nitrogen and oxygen atoms in total. The molecule has 10 heteroatoms. The number of ether oxygens (including phenoxy) is 2. The van der Waals surface area contributed by atoms with Crippen molar-refractivity contribution in [2.24, 2.45) is 0 Å². The fraction of sp³-hybridized carbons (Fsp3) is 0.320. The molecule has 3 rings (SSSR count). The molecule has 184 valence electrons. The summed E-state index contributed by atoms with van der Waals surface area (Å²) in [5.41, 5.74) is 1.51. The van der Waals surface area contributed by atoms with E-state index < -0.39 is 5.97 Å². The Bertz CT molecular complexity index is 1260. The third kappa shape index (κ3) is 7.24. The highest BCUT2D eigenvalue weighted by molar-refractivity contribution is 7.99. The number of hydrogen-bond donors (Lipinski definition) is 1. The maximum atomic E-state index is 13.4. The molecule has 3 aromatic rings. The van der Waals surface area contributed by atoms with Gasteiger partial charge in [0.1, 0.15) is 6.42 Å². The number of nitrogens with zero attached hydrogens (tertiary/aromatic N) is 2. The zero-order chi connectivity index (χ0) is 25.2. The lowest BCUT2D eigenvalue weighted by molar-refractivity contribution is -0.142. The van der Waals surface area contributed by atoms with E-state index in [1.165, 1.54) is 11.7 Å². The van der Waals surface area contributed by atoms with Gasteiger partial charge in [-0.3, -0.25) is 23.7 Å². The first-order valence-corrected chi connectivity index (χ1v) is 12.0. The van der Waals surface area contributed by atoms with Crippen molar-refractivity contribution in [1.29, 1.82) is 0 Å². The fourth-order valence-corrected chi connectivity index (χ4v) is 4.22. The quantitative estimate of drug-likeness (QED) is 0.133. The second-order valence-corrected chi connectivity index (χ2v) is 8.59. The summed E-state index contributed by atoms with van der Waals surface area (Å²) in [6.07, 6.45) is 0.245. The van der Waals surface area contributed by atoms with Crippen LogP contribution in [0.3, 0.4) is 0 Å². The van der Waals surface area contributed by atoms with E-state index in [4.69, 9.17) is 4.74 Å². The first kappa shape index (κ1) is 26.1. The largest absolute Gasteiger partial charge is 0.469 e. The Kier molecular flexibility index (Phi) is 9.56. The molecule has 35 heavy (non-hydrogen) atoms. The van der Waals surface area contributed by atoms with Crippen LogP contribution in [-0.4, -0.2) is 60.3 Å². The highest BCUT2D eigenvalue weighted by atomic mass is 32.2. The van der Waals surface area contributed by atoms with Crippen molar-refractivity contribution in [3.05, 3.63) is 70.0 Å². The van der Waals surface area contributed by atoms with Crippen LogP contribution >= 0.6 is 11.8 Å². The predicted octanol–water partition coefficient (Wildman–Crippen LogP) is 2.24. The zero-order valence-corrected chi connectivity index (χ0v) is 20.4. The van der Waals surface area contributed by atoms with E-state index in [1.54, 1.807) is 25.3 Å². The van der Waals surface area contributed by atoms with E-state index in [9.17, 15) is 19.2 Å². The predicted molar refractivity (Wildman–Crippen MR) is 133 cm³/mol. The second kappa shape index (κ2) is 12.8. The minimum atomic E-state index is -0.618. The van der Waals surface area contributed by atoms with Gasteiger partial charge >= 0.3 is 5.97 Å². The van der Waals surface area contributed by atoms with Gasteiger partial charge in [-0.2, -0.15) is 0 Å². The summed E-state index contributed by atoms with van der Waals surface area (Å²) in [5, 5.41) is 3.45. The van der Waals surface area contributed by atoms with Crippen LogP contribution in [0.15, 0.2) is 58.5 Å². The van der Waals surface area contributed by atoms with E-state index in [2.05, 4.69) is 15.0 Å². The number of ketones is 1. The lowest BCUT2D eigenvalue weighted by Crippen LogP contribution is -2.27. The number of Topliss-reactive ketones (excluding diaryl/α,β-unsaturated/α-hetero) is 1. The number of rotatable bonds is 12. The molecule has 0 radical (unpaired) electrons. The summed E-state index contributed by atoms with van der Waals surface area (Å²) >= 11 is 1.08. The Hall–Kier alpha value is -3.50. The maximum Gasteiger partial charge on any atom is 0.313 e. The van der Waals surface area contributed by atoms with Crippen molar-refractivity contribution in [3.8, 4) is 0 Å². The Labute approximate surface area is 206 Å². The van der Waals surface area contributed by atoms with Crippen LogP contribution in [0.5, 0.6) is 0 Å². The van der Waals surface area contributed by atoms with Gasteiger partial charge in [0.2, 0.25) is 0 Å². The normalized spacial score (nSPS) is 10.8. The molecule has 0 atom stereocenters. The van der Waals surface area contributed by atoms with Gasteiger partial charge in [-0.1, -0.05) is 42.1 Å². The van der Waals surface area contributed by atoms with Crippen molar-refractivity contribution in [2.45, 2.75) is 24.5 Å². The molecule has 1 N–H and O–H groups in total. The molecule has 1 aromatic heterocycles. The number of carbonyl (C=O) groups is 3. The molecule has 0 bridgehead atoms. The molecule has 0 unspecified atom stereocenters. The Balaban J connectivity index is 1.92. The number of aryl methyl sites for hydroxylation is 1. The summed E-state index contributed by atoms with van der Waals surface area (Å²) < 4.78 is 11.0. The molecule has 0 fully saturated rings. The summed E-state index contributed by atoms with van der Waals surface area (Å²) in [5.74, 6) is -1.30. The average Bonchev–Trinajstić information content (AvgIpc) is 2.87. The van der Waals surface area contributed by atoms with Gasteiger partial charge in [-0.15, -0.1) is 0 Å². The number of thioether (sulfide) groups is 1. The van der Waals surface area contributed by atoms with Crippen LogP contribution in [0.25, 0.3) is 10.9 Å². The van der Waals surface area contributed by atoms with Crippen molar-refractivity contribution in [3.63, 3.8) is 0 Å². The summed E-state index contributed by atoms with van der Waals surface area (Å²) in [6.45, 7) is 1.09. The van der Waals surface area contributed by atoms with Crippen molar-refractivity contribution < 1.29 is 23.9 Å². The Morgan fingerprint density at radius 3 is 2.57 bits per heavy atom. The topological polar surface area (TPSA) is 117 Å².